The van der Waals surface area contributed by atoms with Crippen LogP contribution in [0.2, 0.25) is 5.02 Å². The Balaban J connectivity index is 2.16. The lowest BCUT2D eigenvalue weighted by Gasteiger charge is -2.15. The molecular formula is C20H18BrClN4O4. The summed E-state index contributed by atoms with van der Waals surface area (Å²) in [5, 5.41) is 16.3. The van der Waals surface area contributed by atoms with E-state index in [9.17, 15) is 14.9 Å². The van der Waals surface area contributed by atoms with Gasteiger partial charge >= 0.3 is 5.69 Å². The molecule has 0 aliphatic rings. The van der Waals surface area contributed by atoms with Crippen LogP contribution in [0.4, 0.5) is 5.69 Å². The Hall–Kier alpha value is -2.78. The number of hydrogen-bond acceptors (Lipinski definition) is 6. The summed E-state index contributed by atoms with van der Waals surface area (Å²) in [4.78, 5) is 28.2. The number of aromatic nitrogens is 2. The van der Waals surface area contributed by atoms with E-state index in [4.69, 9.17) is 16.3 Å². The number of benzene rings is 2. The number of aryl methyl sites for hydroxylation is 1. The SMILES string of the molecule is CC[C@@H](C)Oc1c(C=Nn2c(C)nc3ccc(Br)cc3c2=O)cc(Cl)cc1[N+](=O)[O-]. The van der Waals surface area contributed by atoms with Gasteiger partial charge in [-0.15, -0.1) is 0 Å². The molecule has 0 unspecified atom stereocenters. The van der Waals surface area contributed by atoms with E-state index in [-0.39, 0.29) is 33.7 Å². The third-order valence-electron chi connectivity index (χ3n) is 4.44. The number of nitrogens with zero attached hydrogens (tertiary/aromatic N) is 4. The fraction of sp³-hybridized carbons (Fsp3) is 0.250. The Morgan fingerprint density at radius 1 is 1.40 bits per heavy atom. The molecule has 0 aliphatic carbocycles. The fourth-order valence-corrected chi connectivity index (χ4v) is 3.34. The van der Waals surface area contributed by atoms with Gasteiger partial charge in [0.1, 0.15) is 5.82 Å². The molecule has 8 nitrogen and oxygen atoms in total. The van der Waals surface area contributed by atoms with E-state index in [0.29, 0.717) is 23.1 Å². The highest BCUT2D eigenvalue weighted by Crippen LogP contribution is 2.34. The van der Waals surface area contributed by atoms with Gasteiger partial charge in [-0.2, -0.15) is 9.78 Å². The predicted molar refractivity (Wildman–Crippen MR) is 120 cm³/mol. The molecule has 1 aromatic heterocycles. The average Bonchev–Trinajstić information content (AvgIpc) is 2.69. The molecule has 0 fully saturated rings. The fourth-order valence-electron chi connectivity index (χ4n) is 2.76. The van der Waals surface area contributed by atoms with E-state index >= 15 is 0 Å². The quantitative estimate of drug-likeness (QED) is 0.270. The summed E-state index contributed by atoms with van der Waals surface area (Å²) < 4.78 is 7.65. The Kier molecular flexibility index (Phi) is 6.52. The molecule has 2 aromatic carbocycles. The van der Waals surface area contributed by atoms with Gasteiger partial charge in [0.25, 0.3) is 5.56 Å². The molecule has 1 atom stereocenters. The molecule has 0 aliphatic heterocycles. The molecule has 0 N–H and O–H groups in total. The number of rotatable bonds is 6. The summed E-state index contributed by atoms with van der Waals surface area (Å²) >= 11 is 9.41. The van der Waals surface area contributed by atoms with Crippen LogP contribution in [0.3, 0.4) is 0 Å². The lowest BCUT2D eigenvalue weighted by molar-refractivity contribution is -0.386. The molecule has 3 rings (SSSR count). The van der Waals surface area contributed by atoms with Gasteiger partial charge in [0.2, 0.25) is 5.75 Å². The van der Waals surface area contributed by atoms with Crippen LogP contribution >= 0.6 is 27.5 Å². The van der Waals surface area contributed by atoms with Crippen molar-refractivity contribution in [3.05, 3.63) is 71.7 Å². The monoisotopic (exact) mass is 492 g/mol. The lowest BCUT2D eigenvalue weighted by atomic mass is 10.1. The minimum Gasteiger partial charge on any atom is -0.483 e. The summed E-state index contributed by atoms with van der Waals surface area (Å²) in [5.74, 6) is 0.414. The van der Waals surface area contributed by atoms with Crippen LogP contribution in [-0.2, 0) is 0 Å². The Bertz CT molecular complexity index is 1230. The summed E-state index contributed by atoms with van der Waals surface area (Å²) in [6.07, 6.45) is 1.70. The van der Waals surface area contributed by atoms with Crippen LogP contribution < -0.4 is 10.3 Å². The van der Waals surface area contributed by atoms with Crippen molar-refractivity contribution in [3.8, 4) is 5.75 Å². The van der Waals surface area contributed by atoms with E-state index in [1.54, 1.807) is 32.0 Å². The number of ether oxygens (including phenoxy) is 1. The maximum absolute atomic E-state index is 12.9. The zero-order valence-electron chi connectivity index (χ0n) is 16.4. The lowest BCUT2D eigenvalue weighted by Crippen LogP contribution is -2.20. The van der Waals surface area contributed by atoms with E-state index < -0.39 is 4.92 Å². The molecule has 3 aromatic rings. The summed E-state index contributed by atoms with van der Waals surface area (Å²) in [5.41, 5.74) is 0.200. The highest BCUT2D eigenvalue weighted by Gasteiger charge is 2.22. The number of nitro groups is 1. The maximum Gasteiger partial charge on any atom is 0.313 e. The zero-order valence-corrected chi connectivity index (χ0v) is 18.8. The van der Waals surface area contributed by atoms with E-state index in [1.807, 2.05) is 6.92 Å². The molecule has 10 heteroatoms. The van der Waals surface area contributed by atoms with Gasteiger partial charge in [0, 0.05) is 21.1 Å². The van der Waals surface area contributed by atoms with Crippen LogP contribution in [0, 0.1) is 17.0 Å². The second-order valence-corrected chi connectivity index (χ2v) is 7.97. The largest absolute Gasteiger partial charge is 0.483 e. The van der Waals surface area contributed by atoms with Crippen molar-refractivity contribution < 1.29 is 9.66 Å². The minimum absolute atomic E-state index is 0.0460. The Morgan fingerprint density at radius 3 is 2.80 bits per heavy atom. The predicted octanol–water partition coefficient (Wildman–Crippen LogP) is 5.09. The van der Waals surface area contributed by atoms with Crippen molar-refractivity contribution in [1.82, 2.24) is 9.66 Å². The van der Waals surface area contributed by atoms with Gasteiger partial charge < -0.3 is 4.74 Å². The van der Waals surface area contributed by atoms with Gasteiger partial charge in [0.05, 0.1) is 28.1 Å². The first-order valence-corrected chi connectivity index (χ1v) is 10.3. The molecule has 156 valence electrons. The molecule has 1 heterocycles. The van der Waals surface area contributed by atoms with Gasteiger partial charge in [-0.25, -0.2) is 4.98 Å². The van der Waals surface area contributed by atoms with E-state index in [0.717, 1.165) is 9.15 Å². The van der Waals surface area contributed by atoms with Crippen molar-refractivity contribution in [1.29, 1.82) is 0 Å². The second-order valence-electron chi connectivity index (χ2n) is 6.62. The standard InChI is InChI=1S/C20H18BrClN4O4/c1-4-11(2)30-19-13(7-15(22)9-18(19)26(28)29)10-23-25-12(3)24-17-6-5-14(21)8-16(17)20(25)27/h5-11H,4H2,1-3H3/t11-/m1/s1. The van der Waals surface area contributed by atoms with Gasteiger partial charge in [-0.05, 0) is 44.5 Å². The van der Waals surface area contributed by atoms with Crippen molar-refractivity contribution in [2.75, 3.05) is 0 Å². The van der Waals surface area contributed by atoms with Crippen LogP contribution in [0.25, 0.3) is 10.9 Å². The number of hydrogen-bond donors (Lipinski definition) is 0. The second kappa shape index (κ2) is 8.93. The van der Waals surface area contributed by atoms with Gasteiger partial charge in [-0.3, -0.25) is 14.9 Å². The molecule has 0 amide bonds. The maximum atomic E-state index is 12.9. The summed E-state index contributed by atoms with van der Waals surface area (Å²) in [6.45, 7) is 5.36. The third kappa shape index (κ3) is 4.52. The smallest absolute Gasteiger partial charge is 0.313 e. The third-order valence-corrected chi connectivity index (χ3v) is 5.15. The Labute approximate surface area is 185 Å². The van der Waals surface area contributed by atoms with E-state index in [2.05, 4.69) is 26.0 Å². The first-order valence-electron chi connectivity index (χ1n) is 9.09. The molecule has 30 heavy (non-hydrogen) atoms. The average molecular weight is 494 g/mol. The molecular weight excluding hydrogens is 476 g/mol. The number of nitro benzene ring substituents is 1. The normalized spacial score (nSPS) is 12.4. The first-order chi connectivity index (χ1) is 14.2. The summed E-state index contributed by atoms with van der Waals surface area (Å²) in [7, 11) is 0. The topological polar surface area (TPSA) is 99.6 Å². The van der Waals surface area contributed by atoms with Crippen molar-refractivity contribution in [3.63, 3.8) is 0 Å². The van der Waals surface area contributed by atoms with Crippen molar-refractivity contribution in [2.45, 2.75) is 33.3 Å². The van der Waals surface area contributed by atoms with Gasteiger partial charge in [0.15, 0.2) is 0 Å². The number of halogens is 2. The minimum atomic E-state index is -0.562. The van der Waals surface area contributed by atoms with Crippen LogP contribution in [0.5, 0.6) is 5.75 Å². The van der Waals surface area contributed by atoms with Crippen LogP contribution in [-0.4, -0.2) is 26.9 Å². The molecule has 0 bridgehead atoms. The highest BCUT2D eigenvalue weighted by atomic mass is 79.9. The van der Waals surface area contributed by atoms with Crippen LogP contribution in [0.15, 0.2) is 44.7 Å². The molecule has 0 radical (unpaired) electrons. The number of fused-ring (bicyclic) bond motifs is 1. The highest BCUT2D eigenvalue weighted by molar-refractivity contribution is 9.10. The summed E-state index contributed by atoms with van der Waals surface area (Å²) in [6, 6.07) is 7.92. The van der Waals surface area contributed by atoms with Crippen molar-refractivity contribution in [2.24, 2.45) is 5.10 Å². The first kappa shape index (κ1) is 21.9. The Morgan fingerprint density at radius 2 is 2.13 bits per heavy atom. The van der Waals surface area contributed by atoms with Crippen molar-refractivity contribution >= 4 is 50.3 Å². The molecule has 0 saturated heterocycles. The van der Waals surface area contributed by atoms with E-state index in [1.165, 1.54) is 18.3 Å². The zero-order chi connectivity index (χ0) is 22.0. The molecule has 0 spiro atoms. The van der Waals surface area contributed by atoms with Crippen LogP contribution in [0.1, 0.15) is 31.7 Å². The molecule has 0 saturated carbocycles. The van der Waals surface area contributed by atoms with Gasteiger partial charge in [-0.1, -0.05) is 34.5 Å².